The van der Waals surface area contributed by atoms with E-state index >= 15 is 0 Å². The molecule has 0 radical (unpaired) electrons. The average molecular weight is 235 g/mol. The van der Waals surface area contributed by atoms with Crippen LogP contribution in [0, 0.1) is 11.8 Å². The quantitative estimate of drug-likeness (QED) is 0.682. The highest BCUT2D eigenvalue weighted by Gasteiger charge is 2.39. The van der Waals surface area contributed by atoms with Crippen LogP contribution in [0.1, 0.15) is 64.2 Å². The highest BCUT2D eigenvalue weighted by Crippen LogP contribution is 2.38. The zero-order valence-electron chi connectivity index (χ0n) is 10.9. The molecule has 2 aliphatic carbocycles. The number of nitrogens with zero attached hydrogens (tertiary/aromatic N) is 1. The lowest BCUT2D eigenvalue weighted by Gasteiger charge is -2.40. The molecule has 1 heterocycles. The van der Waals surface area contributed by atoms with Crippen molar-refractivity contribution in [3.8, 4) is 0 Å². The van der Waals surface area contributed by atoms with E-state index in [1.54, 1.807) is 0 Å². The molecular weight excluding hydrogens is 210 g/mol. The number of hydrogen-bond donors (Lipinski definition) is 0. The van der Waals surface area contributed by atoms with Crippen molar-refractivity contribution in [1.82, 2.24) is 4.90 Å². The molecule has 0 spiro atoms. The number of piperidine rings is 1. The van der Waals surface area contributed by atoms with E-state index < -0.39 is 0 Å². The molecule has 2 nitrogen and oxygen atoms in total. The van der Waals surface area contributed by atoms with Crippen molar-refractivity contribution in [3.63, 3.8) is 0 Å². The van der Waals surface area contributed by atoms with Gasteiger partial charge in [-0.15, -0.1) is 0 Å². The summed E-state index contributed by atoms with van der Waals surface area (Å²) in [6.45, 7) is 1.05. The average Bonchev–Trinajstić information content (AvgIpc) is 2.87. The van der Waals surface area contributed by atoms with Crippen LogP contribution in [-0.4, -0.2) is 23.4 Å². The van der Waals surface area contributed by atoms with Gasteiger partial charge in [-0.25, -0.2) is 0 Å². The first kappa shape index (κ1) is 11.6. The molecule has 17 heavy (non-hydrogen) atoms. The van der Waals surface area contributed by atoms with Crippen LogP contribution in [0.4, 0.5) is 0 Å². The molecule has 3 aliphatic rings. The van der Waals surface area contributed by atoms with Gasteiger partial charge < -0.3 is 4.90 Å². The Labute approximate surface area is 105 Å². The molecule has 2 atom stereocenters. The molecule has 96 valence electrons. The summed E-state index contributed by atoms with van der Waals surface area (Å²) in [6, 6.07) is 0.623. The first-order valence-corrected chi connectivity index (χ1v) is 7.67. The van der Waals surface area contributed by atoms with Gasteiger partial charge in [0, 0.05) is 18.5 Å². The predicted molar refractivity (Wildman–Crippen MR) is 68.7 cm³/mol. The molecule has 3 fully saturated rings. The topological polar surface area (TPSA) is 20.3 Å². The van der Waals surface area contributed by atoms with Crippen molar-refractivity contribution in [2.75, 3.05) is 6.54 Å². The minimum atomic E-state index is 0.378. The summed E-state index contributed by atoms with van der Waals surface area (Å²) < 4.78 is 0. The van der Waals surface area contributed by atoms with Crippen molar-refractivity contribution in [1.29, 1.82) is 0 Å². The third-order valence-corrected chi connectivity index (χ3v) is 5.23. The van der Waals surface area contributed by atoms with Crippen molar-refractivity contribution in [2.24, 2.45) is 11.8 Å². The molecule has 1 saturated heterocycles. The van der Waals surface area contributed by atoms with Crippen LogP contribution in [-0.2, 0) is 4.79 Å². The number of rotatable bonds is 1. The number of hydrogen-bond acceptors (Lipinski definition) is 1. The summed E-state index contributed by atoms with van der Waals surface area (Å²) in [6.07, 6.45) is 12.8. The summed E-state index contributed by atoms with van der Waals surface area (Å²) in [5, 5.41) is 0. The molecule has 3 rings (SSSR count). The summed E-state index contributed by atoms with van der Waals surface area (Å²) in [4.78, 5) is 14.9. The molecule has 0 aromatic carbocycles. The van der Waals surface area contributed by atoms with Gasteiger partial charge in [0.2, 0.25) is 5.91 Å². The molecule has 0 aromatic heterocycles. The summed E-state index contributed by atoms with van der Waals surface area (Å²) >= 11 is 0. The molecule has 1 amide bonds. The van der Waals surface area contributed by atoms with Gasteiger partial charge >= 0.3 is 0 Å². The Kier molecular flexibility index (Phi) is 3.39. The van der Waals surface area contributed by atoms with Crippen LogP contribution in [0.25, 0.3) is 0 Å². The molecule has 0 N–H and O–H groups in total. The second kappa shape index (κ2) is 4.99. The second-order valence-corrected chi connectivity index (χ2v) is 6.27. The minimum absolute atomic E-state index is 0.378. The monoisotopic (exact) mass is 235 g/mol. The van der Waals surface area contributed by atoms with E-state index in [1.807, 2.05) is 0 Å². The van der Waals surface area contributed by atoms with E-state index in [0.717, 1.165) is 25.3 Å². The van der Waals surface area contributed by atoms with Crippen molar-refractivity contribution in [2.45, 2.75) is 70.3 Å². The summed E-state index contributed by atoms with van der Waals surface area (Å²) in [7, 11) is 0. The van der Waals surface area contributed by atoms with E-state index in [0.29, 0.717) is 17.9 Å². The largest absolute Gasteiger partial charge is 0.339 e. The summed E-state index contributed by atoms with van der Waals surface area (Å²) in [5.74, 6) is 1.74. The van der Waals surface area contributed by atoms with Crippen molar-refractivity contribution < 1.29 is 4.79 Å². The van der Waals surface area contributed by atoms with Crippen LogP contribution >= 0.6 is 0 Å². The predicted octanol–water partition coefficient (Wildman–Crippen LogP) is 3.36. The van der Waals surface area contributed by atoms with Gasteiger partial charge in [0.1, 0.15) is 0 Å². The zero-order valence-corrected chi connectivity index (χ0v) is 10.9. The smallest absolute Gasteiger partial charge is 0.225 e. The summed E-state index contributed by atoms with van der Waals surface area (Å²) in [5.41, 5.74) is 0. The zero-order chi connectivity index (χ0) is 11.7. The molecule has 0 aromatic rings. The fourth-order valence-electron chi connectivity index (χ4n) is 4.31. The van der Waals surface area contributed by atoms with E-state index in [1.165, 1.54) is 51.4 Å². The lowest BCUT2D eigenvalue weighted by molar-refractivity contribution is -0.141. The van der Waals surface area contributed by atoms with E-state index in [9.17, 15) is 4.79 Å². The normalized spacial score (nSPS) is 34.7. The number of amides is 1. The molecule has 2 saturated carbocycles. The lowest BCUT2D eigenvalue weighted by Crippen LogP contribution is -2.48. The lowest BCUT2D eigenvalue weighted by atomic mass is 9.85. The maximum absolute atomic E-state index is 12.6. The Morgan fingerprint density at radius 3 is 2.41 bits per heavy atom. The Bertz CT molecular complexity index is 283. The van der Waals surface area contributed by atoms with Gasteiger partial charge in [0.15, 0.2) is 0 Å². The van der Waals surface area contributed by atoms with Gasteiger partial charge in [-0.05, 0) is 44.4 Å². The highest BCUT2D eigenvalue weighted by atomic mass is 16.2. The van der Waals surface area contributed by atoms with Crippen LogP contribution in [0.3, 0.4) is 0 Å². The van der Waals surface area contributed by atoms with Gasteiger partial charge in [-0.3, -0.25) is 4.79 Å². The van der Waals surface area contributed by atoms with Crippen LogP contribution < -0.4 is 0 Å². The number of likely N-dealkylation sites (tertiary alicyclic amines) is 1. The molecular formula is C15H25NO. The number of carbonyl (C=O) groups excluding carboxylic acids is 1. The Hall–Kier alpha value is -0.530. The van der Waals surface area contributed by atoms with Gasteiger partial charge in [-0.1, -0.05) is 25.7 Å². The fourth-order valence-corrected chi connectivity index (χ4v) is 4.31. The maximum atomic E-state index is 12.6. The minimum Gasteiger partial charge on any atom is -0.339 e. The van der Waals surface area contributed by atoms with Gasteiger partial charge in [-0.2, -0.15) is 0 Å². The molecule has 0 bridgehead atoms. The van der Waals surface area contributed by atoms with E-state index in [2.05, 4.69) is 4.90 Å². The van der Waals surface area contributed by atoms with Gasteiger partial charge in [0.05, 0.1) is 0 Å². The first-order chi connectivity index (χ1) is 8.36. The molecule has 1 aliphatic heterocycles. The first-order valence-electron chi connectivity index (χ1n) is 7.67. The van der Waals surface area contributed by atoms with Crippen LogP contribution in [0.15, 0.2) is 0 Å². The number of fused-ring (bicyclic) bond motifs is 1. The highest BCUT2D eigenvalue weighted by molar-refractivity contribution is 5.79. The van der Waals surface area contributed by atoms with Gasteiger partial charge in [0.25, 0.3) is 0 Å². The van der Waals surface area contributed by atoms with E-state index in [-0.39, 0.29) is 0 Å². The van der Waals surface area contributed by atoms with E-state index in [4.69, 9.17) is 0 Å². The molecule has 2 unspecified atom stereocenters. The van der Waals surface area contributed by atoms with Crippen molar-refractivity contribution in [3.05, 3.63) is 0 Å². The standard InChI is InChI=1S/C15H25NO/c17-15(13-6-2-1-3-7-13)16-11-5-9-12-8-4-10-14(12)16/h12-14H,1-11H2. The van der Waals surface area contributed by atoms with Crippen molar-refractivity contribution >= 4 is 5.91 Å². The third kappa shape index (κ3) is 2.23. The molecule has 2 heteroatoms. The SMILES string of the molecule is O=C(C1CCCCC1)N1CCCC2CCCC21. The Morgan fingerprint density at radius 2 is 1.59 bits per heavy atom. The Morgan fingerprint density at radius 1 is 0.824 bits per heavy atom. The fraction of sp³-hybridized carbons (Fsp3) is 0.933. The third-order valence-electron chi connectivity index (χ3n) is 5.23. The van der Waals surface area contributed by atoms with Crippen LogP contribution in [0.5, 0.6) is 0 Å². The van der Waals surface area contributed by atoms with Crippen LogP contribution in [0.2, 0.25) is 0 Å². The Balaban J connectivity index is 1.67. The maximum Gasteiger partial charge on any atom is 0.225 e. The second-order valence-electron chi connectivity index (χ2n) is 6.27. The number of carbonyl (C=O) groups is 1.